The monoisotopic (exact) mass is 1030 g/mol. The Morgan fingerprint density at radius 3 is 2.46 bits per heavy atom. The van der Waals surface area contributed by atoms with Crippen LogP contribution in [0.1, 0.15) is 58.6 Å². The van der Waals surface area contributed by atoms with Gasteiger partial charge < -0.3 is 60.3 Å². The number of para-hydroxylation sites is 1. The Labute approximate surface area is 394 Å². The molecule has 2 aliphatic heterocycles. The van der Waals surface area contributed by atoms with Crippen LogP contribution < -0.4 is 27.2 Å². The van der Waals surface area contributed by atoms with Crippen LogP contribution in [0, 0.1) is 6.92 Å². The van der Waals surface area contributed by atoms with Crippen molar-refractivity contribution in [3.05, 3.63) is 59.2 Å². The Morgan fingerprint density at radius 2 is 1.76 bits per heavy atom. The normalized spacial score (nSPS) is 23.2. The van der Waals surface area contributed by atoms with E-state index in [1.807, 2.05) is 6.92 Å². The lowest BCUT2D eigenvalue weighted by Gasteiger charge is -2.26. The second-order valence-electron chi connectivity index (χ2n) is 15.9. The summed E-state index contributed by atoms with van der Waals surface area (Å²) in [6, 6.07) is 4.67. The largest absolute Gasteiger partial charge is 0.472 e. The molecule has 0 aliphatic carbocycles. The highest BCUT2D eigenvalue weighted by Crippen LogP contribution is 2.50. The maximum atomic E-state index is 14.2. The fourth-order valence-electron chi connectivity index (χ4n) is 6.73. The number of aromatic nitrogens is 6. The number of aliphatic hydroxyl groups is 1. The number of ether oxygens (including phenoxy) is 5. The van der Waals surface area contributed by atoms with Crippen LogP contribution in [0.2, 0.25) is 0 Å². The Bertz CT molecular complexity index is 2630. The number of carbonyl (C=O) groups excluding carboxylic acids is 3. The second-order valence-corrected chi connectivity index (χ2v) is 21.2. The van der Waals surface area contributed by atoms with E-state index in [0.29, 0.717) is 10.5 Å². The quantitative estimate of drug-likeness (QED) is 0.0306. The van der Waals surface area contributed by atoms with Gasteiger partial charge in [-0.2, -0.15) is 4.98 Å². The second kappa shape index (κ2) is 21.9. The van der Waals surface area contributed by atoms with Crippen molar-refractivity contribution in [3.8, 4) is 5.75 Å². The van der Waals surface area contributed by atoms with E-state index in [1.165, 1.54) is 44.7 Å². The Balaban J connectivity index is 1.25. The molecular weight excluding hydrogens is 985 g/mol. The number of fused-ring (bicyclic) bond motifs is 1. The minimum absolute atomic E-state index is 0.0360. The van der Waals surface area contributed by atoms with Crippen LogP contribution in [0.25, 0.3) is 11.2 Å². The number of carbonyl (C=O) groups is 3. The standard InChI is InChI=1S/C37H49N9O18P2S2/c1-6-67-68-23-9-7-8-18(2)29(23)61-26(47)12-19(43-36(51)63-37(3,4)5)34(49)62-30-22(60-33(28(30)48)46-17-42-27-31(39)40-16-41-32(27)46)15-58-66(55,56)64-20-13-25(45-11-10-24(38)44-35(45)50)59-21(20)14-57-65(52,53)54/h7-11,16-17,19-22,25,28,30,33,48H,6,12-15H2,1-5H3,(H,43,51)(H,55,56)(H2,38,44,50)(H2,39,40,41)(H2,52,53,54)/t19-,20-,21+,22+,25+,28+,30+,33+/m0/s1. The highest BCUT2D eigenvalue weighted by Gasteiger charge is 2.50. The third-order valence-corrected chi connectivity index (χ3v) is 13.6. The number of hydrogen-bond acceptors (Lipinski definition) is 23. The molecule has 4 aromatic rings. The Morgan fingerprint density at radius 1 is 1.03 bits per heavy atom. The number of phosphoric ester groups is 2. The lowest BCUT2D eigenvalue weighted by atomic mass is 10.1. The number of esters is 2. The molecule has 0 bridgehead atoms. The van der Waals surface area contributed by atoms with E-state index >= 15 is 0 Å². The number of benzene rings is 1. The molecule has 9 atom stereocenters. The number of nitrogens with one attached hydrogen (secondary N) is 1. The van der Waals surface area contributed by atoms with Gasteiger partial charge in [-0.3, -0.25) is 27.5 Å². The summed E-state index contributed by atoms with van der Waals surface area (Å²) in [5.74, 6) is -1.48. The summed E-state index contributed by atoms with van der Waals surface area (Å²) >= 11 is 0. The molecule has 2 saturated heterocycles. The number of alkyl carbamates (subject to hydrolysis) is 1. The molecule has 31 heteroatoms. The van der Waals surface area contributed by atoms with Crippen LogP contribution in [0.15, 0.2) is 52.8 Å². The number of phosphoric acid groups is 2. The average Bonchev–Trinajstić information content (AvgIpc) is 3.93. The minimum atomic E-state index is -5.31. The summed E-state index contributed by atoms with van der Waals surface area (Å²) in [6.45, 7) is 6.47. The molecule has 0 saturated carbocycles. The van der Waals surface area contributed by atoms with Gasteiger partial charge in [0.2, 0.25) is 0 Å². The molecule has 1 unspecified atom stereocenters. The predicted octanol–water partition coefficient (Wildman–Crippen LogP) is 2.27. The zero-order valence-corrected chi connectivity index (χ0v) is 40.2. The summed E-state index contributed by atoms with van der Waals surface area (Å²) in [5, 5.41) is 14.1. The fraction of sp³-hybridized carbons (Fsp3) is 0.514. The number of aryl methyl sites for hydroxylation is 1. The van der Waals surface area contributed by atoms with Crippen LogP contribution in [0.3, 0.4) is 0 Å². The van der Waals surface area contributed by atoms with Gasteiger partial charge in [-0.1, -0.05) is 40.6 Å². The van der Waals surface area contributed by atoms with E-state index in [1.54, 1.807) is 45.9 Å². The summed E-state index contributed by atoms with van der Waals surface area (Å²) in [6.07, 6.45) is -9.96. The number of nitrogen functional groups attached to an aromatic ring is 2. The molecule has 372 valence electrons. The number of nitrogens with zero attached hydrogens (tertiary/aromatic N) is 6. The van der Waals surface area contributed by atoms with Crippen molar-refractivity contribution < 1.29 is 80.6 Å². The molecule has 0 radical (unpaired) electrons. The molecule has 6 rings (SSSR count). The predicted molar refractivity (Wildman–Crippen MR) is 238 cm³/mol. The smallest absolute Gasteiger partial charge is 0.455 e. The van der Waals surface area contributed by atoms with Gasteiger partial charge in [-0.25, -0.2) is 38.5 Å². The highest BCUT2D eigenvalue weighted by molar-refractivity contribution is 8.76. The summed E-state index contributed by atoms with van der Waals surface area (Å²) in [4.78, 5) is 99.6. The third kappa shape index (κ3) is 13.7. The highest BCUT2D eigenvalue weighted by atomic mass is 33.1. The average molecular weight is 1030 g/mol. The zero-order chi connectivity index (χ0) is 49.7. The summed E-state index contributed by atoms with van der Waals surface area (Å²) < 4.78 is 71.3. The van der Waals surface area contributed by atoms with E-state index in [4.69, 9.17) is 44.2 Å². The number of imidazole rings is 1. The minimum Gasteiger partial charge on any atom is -0.455 e. The van der Waals surface area contributed by atoms with Gasteiger partial charge in [-0.15, -0.1) is 0 Å². The van der Waals surface area contributed by atoms with Crippen molar-refractivity contribution >= 4 is 78.1 Å². The van der Waals surface area contributed by atoms with Gasteiger partial charge in [0.1, 0.15) is 65.7 Å². The summed E-state index contributed by atoms with van der Waals surface area (Å²) in [7, 11) is -7.57. The molecule has 9 N–H and O–H groups in total. The van der Waals surface area contributed by atoms with Crippen molar-refractivity contribution in [2.24, 2.45) is 0 Å². The van der Waals surface area contributed by atoms with Crippen LogP contribution in [-0.2, 0) is 51.2 Å². The maximum absolute atomic E-state index is 14.2. The first-order chi connectivity index (χ1) is 31.9. The number of anilines is 2. The van der Waals surface area contributed by atoms with Gasteiger partial charge in [0.25, 0.3) is 0 Å². The van der Waals surface area contributed by atoms with Crippen LogP contribution >= 0.6 is 37.2 Å². The topological polar surface area (TPSA) is 383 Å². The van der Waals surface area contributed by atoms with Gasteiger partial charge in [-0.05, 0) is 45.4 Å². The van der Waals surface area contributed by atoms with E-state index < -0.39 is 114 Å². The molecule has 2 fully saturated rings. The Kier molecular flexibility index (Phi) is 17.0. The van der Waals surface area contributed by atoms with Crippen molar-refractivity contribution in [1.82, 2.24) is 34.4 Å². The molecular formula is C37H49N9O18P2S2. The number of amides is 1. The third-order valence-electron chi connectivity index (χ3n) is 9.65. The summed E-state index contributed by atoms with van der Waals surface area (Å²) in [5.41, 5.74) is 10.4. The lowest BCUT2D eigenvalue weighted by Crippen LogP contribution is -2.48. The van der Waals surface area contributed by atoms with Gasteiger partial charge in [0, 0.05) is 18.4 Å². The SMILES string of the molecule is CCSSc1cccc(C)c1OC(=O)C[C@H](NC(=O)OC(C)(C)C)C(=O)O[C@H]1[C@@H](O)[C@H](n2cnc3c(N)ncnc32)O[C@@H]1COP(=O)(O)O[C@H]1C[C@H](n2ccc(N)nc2=O)O[C@@H]1COP(=O)(O)O. The van der Waals surface area contributed by atoms with E-state index in [2.05, 4.69) is 29.8 Å². The maximum Gasteiger partial charge on any atom is 0.472 e. The van der Waals surface area contributed by atoms with Crippen LogP contribution in [0.5, 0.6) is 5.75 Å². The van der Waals surface area contributed by atoms with Crippen LogP contribution in [-0.4, -0.2) is 128 Å². The zero-order valence-electron chi connectivity index (χ0n) is 36.7. The first-order valence-electron chi connectivity index (χ1n) is 20.3. The van der Waals surface area contributed by atoms with E-state index in [0.717, 1.165) is 16.6 Å². The van der Waals surface area contributed by atoms with Crippen molar-refractivity contribution in [2.75, 3.05) is 30.4 Å². The lowest BCUT2D eigenvalue weighted by molar-refractivity contribution is -0.161. The molecule has 0 spiro atoms. The molecule has 1 amide bonds. The number of hydrogen-bond donors (Lipinski definition) is 7. The van der Waals surface area contributed by atoms with Crippen molar-refractivity contribution in [3.63, 3.8) is 0 Å². The number of nitrogens with two attached hydrogens (primary N) is 2. The first kappa shape index (κ1) is 52.6. The van der Waals surface area contributed by atoms with Crippen molar-refractivity contribution in [1.29, 1.82) is 0 Å². The van der Waals surface area contributed by atoms with Crippen molar-refractivity contribution in [2.45, 2.75) is 107 Å². The molecule has 68 heavy (non-hydrogen) atoms. The van der Waals surface area contributed by atoms with Gasteiger partial charge in [0.05, 0.1) is 30.9 Å². The molecule has 1 aromatic carbocycles. The molecule has 27 nitrogen and oxygen atoms in total. The Hall–Kier alpha value is -4.74. The molecule has 3 aromatic heterocycles. The first-order valence-corrected chi connectivity index (χ1v) is 25.7. The van der Waals surface area contributed by atoms with Gasteiger partial charge in [0.15, 0.2) is 23.8 Å². The number of rotatable bonds is 19. The van der Waals surface area contributed by atoms with E-state index in [9.17, 15) is 48.1 Å². The molecule has 2 aliphatic rings. The van der Waals surface area contributed by atoms with E-state index in [-0.39, 0.29) is 35.0 Å². The fourth-order valence-corrected chi connectivity index (χ4v) is 9.81. The van der Waals surface area contributed by atoms with Gasteiger partial charge >= 0.3 is 39.4 Å². The van der Waals surface area contributed by atoms with Crippen LogP contribution in [0.4, 0.5) is 16.4 Å². The number of aliphatic hydroxyl groups excluding tert-OH is 1. The molecule has 5 heterocycles.